The Morgan fingerprint density at radius 1 is 1.24 bits per heavy atom. The van der Waals surface area contributed by atoms with E-state index in [9.17, 15) is 18.3 Å². The molecule has 1 aromatic carbocycles. The molecule has 118 valence electrons. The van der Waals surface area contributed by atoms with Gasteiger partial charge >= 0.3 is 6.18 Å². The number of likely N-dealkylation sites (N-methyl/N-ethyl adjacent to an activating group) is 1. The van der Waals surface area contributed by atoms with Crippen molar-refractivity contribution in [1.29, 1.82) is 0 Å². The van der Waals surface area contributed by atoms with Crippen molar-refractivity contribution in [2.45, 2.75) is 43.5 Å². The minimum absolute atomic E-state index is 0.0131. The summed E-state index contributed by atoms with van der Waals surface area (Å²) in [6.07, 6.45) is -2.94. The molecule has 1 aliphatic rings. The summed E-state index contributed by atoms with van der Waals surface area (Å²) in [6.45, 7) is 0. The molecular weight excluding hydrogens is 303 g/mol. The predicted octanol–water partition coefficient (Wildman–Crippen LogP) is 3.92. The molecule has 0 spiro atoms. The molecule has 1 saturated carbocycles. The lowest BCUT2D eigenvalue weighted by Crippen LogP contribution is -2.43. The molecule has 2 rings (SSSR count). The van der Waals surface area contributed by atoms with Gasteiger partial charge in [-0.15, -0.1) is 0 Å². The number of aliphatic hydroxyl groups excluding tert-OH is 1. The monoisotopic (exact) mass is 321 g/mol. The zero-order chi connectivity index (χ0) is 15.8. The van der Waals surface area contributed by atoms with Gasteiger partial charge in [-0.2, -0.15) is 13.2 Å². The number of nitrogens with zero attached hydrogens (tertiary/aromatic N) is 1. The van der Waals surface area contributed by atoms with Crippen molar-refractivity contribution >= 4 is 11.6 Å². The number of halogens is 4. The van der Waals surface area contributed by atoms with Gasteiger partial charge < -0.3 is 10.0 Å². The van der Waals surface area contributed by atoms with Crippen molar-refractivity contribution in [3.05, 3.63) is 34.3 Å². The van der Waals surface area contributed by atoms with Gasteiger partial charge in [0.2, 0.25) is 0 Å². The van der Waals surface area contributed by atoms with Crippen LogP contribution in [0.5, 0.6) is 0 Å². The van der Waals surface area contributed by atoms with Crippen LogP contribution in [0.25, 0.3) is 0 Å². The summed E-state index contributed by atoms with van der Waals surface area (Å²) >= 11 is 5.65. The van der Waals surface area contributed by atoms with Crippen molar-refractivity contribution in [1.82, 2.24) is 4.90 Å². The molecule has 0 saturated heterocycles. The van der Waals surface area contributed by atoms with E-state index >= 15 is 0 Å². The highest BCUT2D eigenvalue weighted by Crippen LogP contribution is 2.40. The van der Waals surface area contributed by atoms with E-state index in [0.717, 1.165) is 6.07 Å². The van der Waals surface area contributed by atoms with E-state index in [-0.39, 0.29) is 17.0 Å². The minimum atomic E-state index is -4.44. The van der Waals surface area contributed by atoms with Crippen LogP contribution >= 0.6 is 11.6 Å². The van der Waals surface area contributed by atoms with Crippen LogP contribution in [0.4, 0.5) is 13.2 Å². The fourth-order valence-corrected chi connectivity index (χ4v) is 3.23. The van der Waals surface area contributed by atoms with Crippen molar-refractivity contribution in [3.63, 3.8) is 0 Å². The van der Waals surface area contributed by atoms with E-state index in [1.807, 2.05) is 19.0 Å². The third-order valence-electron chi connectivity index (χ3n) is 4.21. The Labute approximate surface area is 127 Å². The highest BCUT2D eigenvalue weighted by atomic mass is 35.5. The van der Waals surface area contributed by atoms with Crippen molar-refractivity contribution in [3.8, 4) is 0 Å². The second-order valence-electron chi connectivity index (χ2n) is 5.85. The van der Waals surface area contributed by atoms with Crippen molar-refractivity contribution in [2.75, 3.05) is 14.1 Å². The lowest BCUT2D eigenvalue weighted by molar-refractivity contribution is -0.137. The number of hydrogen-bond acceptors (Lipinski definition) is 2. The molecule has 0 unspecified atom stereocenters. The van der Waals surface area contributed by atoms with E-state index in [1.54, 1.807) is 6.07 Å². The summed E-state index contributed by atoms with van der Waals surface area (Å²) in [5, 5.41) is 9.72. The molecule has 2 nitrogen and oxygen atoms in total. The molecule has 1 N–H and O–H groups in total. The molecule has 21 heavy (non-hydrogen) atoms. The number of rotatable bonds is 2. The first-order valence-corrected chi connectivity index (χ1v) is 7.29. The van der Waals surface area contributed by atoms with Crippen LogP contribution in [0.15, 0.2) is 18.2 Å². The van der Waals surface area contributed by atoms with Gasteiger partial charge in [-0.3, -0.25) is 0 Å². The van der Waals surface area contributed by atoms with Gasteiger partial charge in [-0.05, 0) is 57.0 Å². The summed E-state index contributed by atoms with van der Waals surface area (Å²) < 4.78 is 38.8. The quantitative estimate of drug-likeness (QED) is 0.892. The standard InChI is InChI=1S/C15H19ClF3NO/c1-20(2)13-8-10(4-6-14(13)21)9-3-5-12(16)11(7-9)15(17,18)19/h3,5,7,10,13-14,21H,4,6,8H2,1-2H3/t10-,13-,14-/m0/s1. The SMILES string of the molecule is CN(C)[C@H]1C[C@@H](c2ccc(Cl)c(C(F)(F)F)c2)CC[C@@H]1O. The normalized spacial score (nSPS) is 27.1. The molecular formula is C15H19ClF3NO. The van der Waals surface area contributed by atoms with Gasteiger partial charge in [0, 0.05) is 6.04 Å². The first-order valence-electron chi connectivity index (χ1n) is 6.91. The number of benzene rings is 1. The van der Waals surface area contributed by atoms with Gasteiger partial charge in [-0.25, -0.2) is 0 Å². The smallest absolute Gasteiger partial charge is 0.391 e. The molecule has 0 bridgehead atoms. The minimum Gasteiger partial charge on any atom is -0.391 e. The zero-order valence-electron chi connectivity index (χ0n) is 12.0. The van der Waals surface area contributed by atoms with Crippen molar-refractivity contribution < 1.29 is 18.3 Å². The molecule has 3 atom stereocenters. The van der Waals surface area contributed by atoms with Gasteiger partial charge in [-0.1, -0.05) is 17.7 Å². The van der Waals surface area contributed by atoms with Crippen LogP contribution in [0, 0.1) is 0 Å². The molecule has 1 aromatic rings. The second-order valence-corrected chi connectivity index (χ2v) is 6.25. The highest BCUT2D eigenvalue weighted by molar-refractivity contribution is 6.31. The van der Waals surface area contributed by atoms with Crippen LogP contribution < -0.4 is 0 Å². The molecule has 1 aliphatic carbocycles. The van der Waals surface area contributed by atoms with E-state index in [4.69, 9.17) is 11.6 Å². The lowest BCUT2D eigenvalue weighted by atomic mass is 9.79. The number of aliphatic hydroxyl groups is 1. The fourth-order valence-electron chi connectivity index (χ4n) is 3.00. The van der Waals surface area contributed by atoms with Crippen LogP contribution in [0.1, 0.15) is 36.3 Å². The molecule has 6 heteroatoms. The Kier molecular flexibility index (Phi) is 4.85. The second kappa shape index (κ2) is 6.15. The van der Waals surface area contributed by atoms with Crippen LogP contribution in [-0.4, -0.2) is 36.2 Å². The average Bonchev–Trinajstić information content (AvgIpc) is 2.38. The topological polar surface area (TPSA) is 23.5 Å². The van der Waals surface area contributed by atoms with Crippen LogP contribution in [0.3, 0.4) is 0 Å². The largest absolute Gasteiger partial charge is 0.417 e. The molecule has 0 aliphatic heterocycles. The summed E-state index contributed by atoms with van der Waals surface area (Å²) in [7, 11) is 3.75. The van der Waals surface area contributed by atoms with Gasteiger partial charge in [0.15, 0.2) is 0 Å². The summed E-state index contributed by atoms with van der Waals surface area (Å²) in [5.74, 6) is 0.0131. The summed E-state index contributed by atoms with van der Waals surface area (Å²) in [6, 6.07) is 4.09. The zero-order valence-corrected chi connectivity index (χ0v) is 12.7. The summed E-state index contributed by atoms with van der Waals surface area (Å²) in [5.41, 5.74) is -0.139. The molecule has 0 heterocycles. The van der Waals surface area contributed by atoms with E-state index in [2.05, 4.69) is 0 Å². The van der Waals surface area contributed by atoms with E-state index in [1.165, 1.54) is 6.07 Å². The lowest BCUT2D eigenvalue weighted by Gasteiger charge is -2.37. The Morgan fingerprint density at radius 2 is 1.90 bits per heavy atom. The Morgan fingerprint density at radius 3 is 2.48 bits per heavy atom. The van der Waals surface area contributed by atoms with Gasteiger partial charge in [0.05, 0.1) is 16.7 Å². The predicted molar refractivity (Wildman–Crippen MR) is 76.5 cm³/mol. The summed E-state index contributed by atoms with van der Waals surface area (Å²) in [4.78, 5) is 1.93. The first kappa shape index (κ1) is 16.6. The first-order chi connectivity index (χ1) is 9.70. The molecule has 1 fully saturated rings. The van der Waals surface area contributed by atoms with Gasteiger partial charge in [0.1, 0.15) is 0 Å². The Bertz CT molecular complexity index is 504. The molecule has 0 radical (unpaired) electrons. The fraction of sp³-hybridized carbons (Fsp3) is 0.600. The number of alkyl halides is 3. The molecule has 0 aromatic heterocycles. The average molecular weight is 322 g/mol. The van der Waals surface area contributed by atoms with Crippen LogP contribution in [-0.2, 0) is 6.18 Å². The third kappa shape index (κ3) is 3.71. The number of hydrogen-bond donors (Lipinski definition) is 1. The van der Waals surface area contributed by atoms with E-state index < -0.39 is 17.8 Å². The maximum absolute atomic E-state index is 12.9. The van der Waals surface area contributed by atoms with Crippen molar-refractivity contribution in [2.24, 2.45) is 0 Å². The molecule has 0 amide bonds. The maximum Gasteiger partial charge on any atom is 0.417 e. The van der Waals surface area contributed by atoms with Gasteiger partial charge in [0.25, 0.3) is 0 Å². The third-order valence-corrected chi connectivity index (χ3v) is 4.54. The maximum atomic E-state index is 12.9. The van der Waals surface area contributed by atoms with Crippen LogP contribution in [0.2, 0.25) is 5.02 Å². The highest BCUT2D eigenvalue weighted by Gasteiger charge is 2.35. The van der Waals surface area contributed by atoms with E-state index in [0.29, 0.717) is 24.8 Å². The Balaban J connectivity index is 2.26. The Hall–Kier alpha value is -0.780.